The lowest BCUT2D eigenvalue weighted by Gasteiger charge is -2.30. The van der Waals surface area contributed by atoms with Crippen LogP contribution in [-0.4, -0.2) is 35.2 Å². The van der Waals surface area contributed by atoms with Crippen LogP contribution in [0.25, 0.3) is 0 Å². The van der Waals surface area contributed by atoms with Gasteiger partial charge in [0.05, 0.1) is 35.0 Å². The maximum Gasteiger partial charge on any atom is 0.238 e. The summed E-state index contributed by atoms with van der Waals surface area (Å²) in [5.41, 5.74) is -1.89. The highest BCUT2D eigenvalue weighted by Gasteiger charge is 2.75. The normalized spacial score (nSPS) is 46.6. The Balaban J connectivity index is 1.21. The third kappa shape index (κ3) is 2.16. The molecule has 1 aromatic carbocycles. The molecule has 36 heavy (non-hydrogen) atoms. The van der Waals surface area contributed by atoms with Gasteiger partial charge in [0, 0.05) is 23.7 Å². The Morgan fingerprint density at radius 1 is 0.556 bits per heavy atom. The van der Waals surface area contributed by atoms with E-state index in [-0.39, 0.29) is 35.2 Å². The fourth-order valence-electron chi connectivity index (χ4n) is 9.43. The first kappa shape index (κ1) is 22.1. The predicted molar refractivity (Wildman–Crippen MR) is 126 cm³/mol. The molecule has 2 aliphatic heterocycles. The van der Waals surface area contributed by atoms with Crippen molar-refractivity contribution >= 4 is 46.6 Å². The van der Waals surface area contributed by atoms with Gasteiger partial charge in [-0.15, -0.1) is 0 Å². The van der Waals surface area contributed by atoms with Gasteiger partial charge in [-0.25, -0.2) is 0 Å². The van der Waals surface area contributed by atoms with Crippen LogP contribution in [0.15, 0.2) is 24.3 Å². The molecule has 4 bridgehead atoms. The number of benzene rings is 1. The Labute approximate surface area is 208 Å². The summed E-state index contributed by atoms with van der Waals surface area (Å²) in [6.07, 6.45) is 1.75. The summed E-state index contributed by atoms with van der Waals surface area (Å²) in [5, 5.41) is 0. The highest BCUT2D eigenvalue weighted by molar-refractivity contribution is 6.26. The van der Waals surface area contributed by atoms with Crippen LogP contribution >= 0.6 is 0 Å². The van der Waals surface area contributed by atoms with Crippen molar-refractivity contribution in [1.82, 2.24) is 0 Å². The molecule has 186 valence electrons. The summed E-state index contributed by atoms with van der Waals surface area (Å²) in [5.74, 6) is -3.48. The van der Waals surface area contributed by atoms with Gasteiger partial charge in [-0.05, 0) is 47.9 Å². The van der Waals surface area contributed by atoms with E-state index in [1.165, 1.54) is 9.80 Å². The lowest BCUT2D eigenvalue weighted by Crippen LogP contribution is -2.40. The third-order valence-corrected chi connectivity index (χ3v) is 10.8. The highest BCUT2D eigenvalue weighted by Crippen LogP contribution is 2.69. The van der Waals surface area contributed by atoms with E-state index in [4.69, 9.17) is 0 Å². The Hall–Kier alpha value is -3.16. The van der Waals surface area contributed by atoms with Gasteiger partial charge in [0.15, 0.2) is 0 Å². The molecule has 8 atom stereocenters. The second kappa shape index (κ2) is 6.03. The molecular formula is C28H28N2O6. The molecule has 1 aromatic rings. The van der Waals surface area contributed by atoms with E-state index in [2.05, 4.69) is 0 Å². The first-order valence-electron chi connectivity index (χ1n) is 12.7. The summed E-state index contributed by atoms with van der Waals surface area (Å²) in [7, 11) is 0. The second-order valence-electron chi connectivity index (χ2n) is 13.1. The highest BCUT2D eigenvalue weighted by atomic mass is 16.2. The fourth-order valence-corrected chi connectivity index (χ4v) is 9.43. The van der Waals surface area contributed by atoms with E-state index in [1.54, 1.807) is 24.3 Å². The maximum absolute atomic E-state index is 13.4. The molecule has 6 aliphatic rings. The maximum atomic E-state index is 13.4. The SMILES string of the molecule is CC12CC(=O)C(C)(C1)C1C(=O)N(c3ccc(N4C(=O)C5C(C4=O)C4(C)CC5(C)CC4=O)cc3)C(=O)C12. The van der Waals surface area contributed by atoms with E-state index < -0.39 is 45.3 Å². The van der Waals surface area contributed by atoms with Gasteiger partial charge in [0.25, 0.3) is 0 Å². The van der Waals surface area contributed by atoms with Crippen molar-refractivity contribution in [2.24, 2.45) is 45.3 Å². The Morgan fingerprint density at radius 2 is 0.861 bits per heavy atom. The number of amides is 4. The van der Waals surface area contributed by atoms with Crippen LogP contribution in [0.5, 0.6) is 0 Å². The van der Waals surface area contributed by atoms with Crippen LogP contribution in [0.1, 0.15) is 53.4 Å². The Morgan fingerprint density at radius 3 is 1.19 bits per heavy atom. The number of carbonyl (C=O) groups excluding carboxylic acids is 6. The standard InChI is InChI=1S/C28H28N2O6/c1-25-9-15(31)27(3,11-25)19-17(25)21(33)29(23(19)35)13-5-7-14(8-6-13)30-22(34)18-20(24(30)36)28(4)12-26(18,2)10-16(28)32/h5-8,17-20H,9-12H2,1-4H3. The smallest absolute Gasteiger partial charge is 0.238 e. The van der Waals surface area contributed by atoms with Gasteiger partial charge in [0.1, 0.15) is 11.6 Å². The van der Waals surface area contributed by atoms with E-state index in [0.717, 1.165) is 0 Å². The number of hydrogen-bond acceptors (Lipinski definition) is 6. The molecule has 4 saturated carbocycles. The largest absolute Gasteiger partial charge is 0.299 e. The predicted octanol–water partition coefficient (Wildman–Crippen LogP) is 2.68. The van der Waals surface area contributed by atoms with E-state index in [0.29, 0.717) is 37.1 Å². The van der Waals surface area contributed by atoms with Gasteiger partial charge < -0.3 is 0 Å². The molecule has 2 heterocycles. The Kier molecular flexibility index (Phi) is 3.70. The third-order valence-electron chi connectivity index (χ3n) is 10.8. The minimum atomic E-state index is -0.809. The summed E-state index contributed by atoms with van der Waals surface area (Å²) in [6, 6.07) is 6.33. The molecule has 2 saturated heterocycles. The zero-order chi connectivity index (χ0) is 25.7. The number of Topliss-reactive ketones (excluding diaryl/α,β-unsaturated/α-hetero) is 2. The van der Waals surface area contributed by atoms with Crippen LogP contribution in [-0.2, 0) is 28.8 Å². The van der Waals surface area contributed by atoms with Crippen molar-refractivity contribution in [3.8, 4) is 0 Å². The monoisotopic (exact) mass is 488 g/mol. The number of nitrogens with zero attached hydrogens (tertiary/aromatic N) is 2. The van der Waals surface area contributed by atoms with Crippen LogP contribution in [0.4, 0.5) is 11.4 Å². The number of hydrogen-bond donors (Lipinski definition) is 0. The lowest BCUT2D eigenvalue weighted by molar-refractivity contribution is -0.138. The van der Waals surface area contributed by atoms with Crippen LogP contribution in [0.3, 0.4) is 0 Å². The number of ketones is 2. The van der Waals surface area contributed by atoms with E-state index >= 15 is 0 Å². The number of imide groups is 2. The molecule has 0 radical (unpaired) electrons. The quantitative estimate of drug-likeness (QED) is 0.592. The minimum Gasteiger partial charge on any atom is -0.299 e. The molecular weight excluding hydrogens is 460 g/mol. The van der Waals surface area contributed by atoms with E-state index in [9.17, 15) is 28.8 Å². The van der Waals surface area contributed by atoms with Crippen molar-refractivity contribution in [3.05, 3.63) is 24.3 Å². The molecule has 7 rings (SSSR count). The number of anilines is 2. The Bertz CT molecular complexity index is 1260. The van der Waals surface area contributed by atoms with Gasteiger partial charge >= 0.3 is 0 Å². The molecule has 8 heteroatoms. The molecule has 4 aliphatic carbocycles. The van der Waals surface area contributed by atoms with Gasteiger partial charge in [0.2, 0.25) is 23.6 Å². The van der Waals surface area contributed by atoms with Crippen molar-refractivity contribution in [2.75, 3.05) is 9.80 Å². The van der Waals surface area contributed by atoms with Crippen LogP contribution in [0, 0.1) is 45.3 Å². The van der Waals surface area contributed by atoms with Gasteiger partial charge in [-0.1, -0.05) is 27.7 Å². The summed E-state index contributed by atoms with van der Waals surface area (Å²) in [4.78, 5) is 81.5. The van der Waals surface area contributed by atoms with Crippen molar-refractivity contribution < 1.29 is 28.8 Å². The van der Waals surface area contributed by atoms with Crippen LogP contribution in [0.2, 0.25) is 0 Å². The molecule has 4 amide bonds. The second-order valence-corrected chi connectivity index (χ2v) is 13.1. The van der Waals surface area contributed by atoms with Crippen LogP contribution < -0.4 is 9.80 Å². The topological polar surface area (TPSA) is 109 Å². The lowest BCUT2D eigenvalue weighted by atomic mass is 9.68. The molecule has 0 aromatic heterocycles. The van der Waals surface area contributed by atoms with Crippen molar-refractivity contribution in [1.29, 1.82) is 0 Å². The molecule has 0 spiro atoms. The molecule has 0 N–H and O–H groups in total. The summed E-state index contributed by atoms with van der Waals surface area (Å²) >= 11 is 0. The molecule has 6 fully saturated rings. The van der Waals surface area contributed by atoms with Gasteiger partial charge in [-0.3, -0.25) is 38.6 Å². The zero-order valence-electron chi connectivity index (χ0n) is 20.8. The van der Waals surface area contributed by atoms with Crippen molar-refractivity contribution in [2.45, 2.75) is 53.4 Å². The zero-order valence-corrected chi connectivity index (χ0v) is 20.8. The average molecular weight is 489 g/mol. The van der Waals surface area contributed by atoms with E-state index in [1.807, 2.05) is 27.7 Å². The van der Waals surface area contributed by atoms with Gasteiger partial charge in [-0.2, -0.15) is 0 Å². The average Bonchev–Trinajstić information content (AvgIpc) is 3.50. The first-order valence-corrected chi connectivity index (χ1v) is 12.7. The fraction of sp³-hybridized carbons (Fsp3) is 0.571. The van der Waals surface area contributed by atoms with Crippen molar-refractivity contribution in [3.63, 3.8) is 0 Å². The number of rotatable bonds is 2. The minimum absolute atomic E-state index is 0.0519. The number of fused-ring (bicyclic) bond motifs is 10. The summed E-state index contributed by atoms with van der Waals surface area (Å²) < 4.78 is 0. The number of carbonyl (C=O) groups is 6. The molecule has 8 unspecified atom stereocenters. The molecule has 8 nitrogen and oxygen atoms in total. The first-order chi connectivity index (χ1) is 16.8. The summed E-state index contributed by atoms with van der Waals surface area (Å²) in [6.45, 7) is 7.48.